The normalized spacial score (nSPS) is 20.9. The van der Waals surface area contributed by atoms with Crippen LogP contribution in [0.4, 0.5) is 10.5 Å². The molecule has 2 fully saturated rings. The number of rotatable bonds is 5. The van der Waals surface area contributed by atoms with Crippen molar-refractivity contribution in [3.05, 3.63) is 24.3 Å². The van der Waals surface area contributed by atoms with Crippen LogP contribution < -0.4 is 15.0 Å². The van der Waals surface area contributed by atoms with E-state index in [1.165, 1.54) is 0 Å². The number of piperidine rings is 1. The number of hydrogen-bond donors (Lipinski definition) is 2. The second-order valence-corrected chi connectivity index (χ2v) is 7.09. The summed E-state index contributed by atoms with van der Waals surface area (Å²) < 4.78 is 5.28. The van der Waals surface area contributed by atoms with E-state index < -0.39 is 5.97 Å². The predicted molar refractivity (Wildman–Crippen MR) is 98.6 cm³/mol. The molecule has 0 bridgehead atoms. The van der Waals surface area contributed by atoms with Gasteiger partial charge in [0.05, 0.1) is 13.0 Å². The maximum Gasteiger partial charge on any atom is 0.317 e. The minimum Gasteiger partial charge on any atom is -0.497 e. The van der Waals surface area contributed by atoms with Crippen molar-refractivity contribution in [2.75, 3.05) is 44.7 Å². The SMILES string of the molecule is COc1cccc(N2CCC(CNC(=O)N3CCC(C(=O)O)CC3)C2)c1. The zero-order valence-corrected chi connectivity index (χ0v) is 15.2. The van der Waals surface area contributed by atoms with Crippen LogP contribution in [0, 0.1) is 11.8 Å². The van der Waals surface area contributed by atoms with Crippen LogP contribution in [0.5, 0.6) is 5.75 Å². The van der Waals surface area contributed by atoms with Gasteiger partial charge in [-0.1, -0.05) is 6.07 Å². The van der Waals surface area contributed by atoms with Crippen molar-refractivity contribution in [2.24, 2.45) is 11.8 Å². The van der Waals surface area contributed by atoms with Crippen LogP contribution in [0.2, 0.25) is 0 Å². The first-order chi connectivity index (χ1) is 12.6. The summed E-state index contributed by atoms with van der Waals surface area (Å²) in [6, 6.07) is 7.96. The number of methoxy groups -OCH3 is 1. The van der Waals surface area contributed by atoms with Crippen LogP contribution in [0.25, 0.3) is 0 Å². The zero-order chi connectivity index (χ0) is 18.5. The van der Waals surface area contributed by atoms with Gasteiger partial charge in [0.2, 0.25) is 0 Å². The molecule has 0 radical (unpaired) electrons. The van der Waals surface area contributed by atoms with Crippen molar-refractivity contribution in [3.8, 4) is 5.75 Å². The van der Waals surface area contributed by atoms with Crippen LogP contribution in [-0.2, 0) is 4.79 Å². The Morgan fingerprint density at radius 2 is 2.00 bits per heavy atom. The average Bonchev–Trinajstić information content (AvgIpc) is 3.15. The highest BCUT2D eigenvalue weighted by molar-refractivity contribution is 5.75. The number of carboxylic acid groups (broad SMARTS) is 1. The molecule has 2 amide bonds. The molecule has 1 atom stereocenters. The van der Waals surface area contributed by atoms with Gasteiger partial charge in [-0.25, -0.2) is 4.79 Å². The predicted octanol–water partition coefficient (Wildman–Crippen LogP) is 2.03. The lowest BCUT2D eigenvalue weighted by Gasteiger charge is -2.30. The molecule has 2 saturated heterocycles. The number of ether oxygens (including phenoxy) is 1. The van der Waals surface area contributed by atoms with Gasteiger partial charge in [-0.2, -0.15) is 0 Å². The van der Waals surface area contributed by atoms with Gasteiger partial charge in [0.15, 0.2) is 0 Å². The number of carbonyl (C=O) groups excluding carboxylic acids is 1. The number of anilines is 1. The molecule has 142 valence electrons. The number of nitrogens with zero attached hydrogens (tertiary/aromatic N) is 2. The number of aliphatic carboxylic acids is 1. The van der Waals surface area contributed by atoms with Gasteiger partial charge in [-0.3, -0.25) is 4.79 Å². The molecule has 2 aliphatic heterocycles. The molecule has 0 spiro atoms. The number of hydrogen-bond acceptors (Lipinski definition) is 4. The molecule has 2 aliphatic rings. The van der Waals surface area contributed by atoms with E-state index in [0.29, 0.717) is 38.4 Å². The third-order valence-electron chi connectivity index (χ3n) is 5.38. The quantitative estimate of drug-likeness (QED) is 0.839. The van der Waals surface area contributed by atoms with Crippen molar-refractivity contribution in [1.82, 2.24) is 10.2 Å². The highest BCUT2D eigenvalue weighted by Crippen LogP contribution is 2.26. The van der Waals surface area contributed by atoms with E-state index in [-0.39, 0.29) is 11.9 Å². The van der Waals surface area contributed by atoms with Crippen LogP contribution in [0.15, 0.2) is 24.3 Å². The Morgan fingerprint density at radius 3 is 2.69 bits per heavy atom. The van der Waals surface area contributed by atoms with Gasteiger partial charge in [-0.05, 0) is 37.3 Å². The van der Waals surface area contributed by atoms with Gasteiger partial charge >= 0.3 is 12.0 Å². The summed E-state index contributed by atoms with van der Waals surface area (Å²) in [5, 5.41) is 12.1. The largest absolute Gasteiger partial charge is 0.497 e. The Kier molecular flexibility index (Phi) is 5.85. The highest BCUT2D eigenvalue weighted by atomic mass is 16.5. The monoisotopic (exact) mass is 361 g/mol. The molecule has 0 aliphatic carbocycles. The number of urea groups is 1. The van der Waals surface area contributed by atoms with E-state index >= 15 is 0 Å². The van der Waals surface area contributed by atoms with Crippen molar-refractivity contribution in [2.45, 2.75) is 19.3 Å². The first kappa shape index (κ1) is 18.4. The molecule has 26 heavy (non-hydrogen) atoms. The average molecular weight is 361 g/mol. The Bertz CT molecular complexity index is 643. The van der Waals surface area contributed by atoms with Crippen molar-refractivity contribution in [3.63, 3.8) is 0 Å². The highest BCUT2D eigenvalue weighted by Gasteiger charge is 2.28. The van der Waals surface area contributed by atoms with Crippen LogP contribution in [0.3, 0.4) is 0 Å². The van der Waals surface area contributed by atoms with Crippen molar-refractivity contribution < 1.29 is 19.4 Å². The molecule has 7 nitrogen and oxygen atoms in total. The molecule has 2 heterocycles. The Hall–Kier alpha value is -2.44. The number of amides is 2. The van der Waals surface area contributed by atoms with Gasteiger partial charge in [-0.15, -0.1) is 0 Å². The molecule has 7 heteroatoms. The van der Waals surface area contributed by atoms with Crippen LogP contribution >= 0.6 is 0 Å². The van der Waals surface area contributed by atoms with E-state index in [9.17, 15) is 9.59 Å². The minimum atomic E-state index is -0.756. The third-order valence-corrected chi connectivity index (χ3v) is 5.38. The molecule has 0 saturated carbocycles. The van der Waals surface area contributed by atoms with E-state index in [1.54, 1.807) is 12.0 Å². The third kappa shape index (κ3) is 4.39. The van der Waals surface area contributed by atoms with Crippen molar-refractivity contribution >= 4 is 17.7 Å². The summed E-state index contributed by atoms with van der Waals surface area (Å²) in [6.45, 7) is 3.57. The van der Waals surface area contributed by atoms with E-state index in [2.05, 4.69) is 16.3 Å². The summed E-state index contributed by atoms with van der Waals surface area (Å²) in [7, 11) is 1.67. The number of carboxylic acids is 1. The van der Waals surface area contributed by atoms with E-state index in [0.717, 1.165) is 30.9 Å². The smallest absolute Gasteiger partial charge is 0.317 e. The fraction of sp³-hybridized carbons (Fsp3) is 0.579. The van der Waals surface area contributed by atoms with Crippen LogP contribution in [-0.4, -0.2) is 61.8 Å². The topological polar surface area (TPSA) is 82.1 Å². The Morgan fingerprint density at radius 1 is 1.23 bits per heavy atom. The summed E-state index contributed by atoms with van der Waals surface area (Å²) in [5.74, 6) is 0.199. The number of nitrogens with one attached hydrogen (secondary N) is 1. The molecule has 3 rings (SSSR count). The van der Waals surface area contributed by atoms with Gasteiger partial charge in [0.25, 0.3) is 0 Å². The summed E-state index contributed by atoms with van der Waals surface area (Å²) in [6.07, 6.45) is 2.12. The Balaban J connectivity index is 1.43. The summed E-state index contributed by atoms with van der Waals surface area (Å²) >= 11 is 0. The first-order valence-corrected chi connectivity index (χ1v) is 9.21. The second kappa shape index (κ2) is 8.29. The molecule has 0 aromatic heterocycles. The molecular weight excluding hydrogens is 334 g/mol. The van der Waals surface area contributed by atoms with E-state index in [1.807, 2.05) is 18.2 Å². The number of benzene rings is 1. The molecule has 2 N–H and O–H groups in total. The molecular formula is C19H27N3O4. The van der Waals surface area contributed by atoms with Crippen molar-refractivity contribution in [1.29, 1.82) is 0 Å². The maximum atomic E-state index is 12.3. The summed E-state index contributed by atoms with van der Waals surface area (Å²) in [5.41, 5.74) is 1.15. The zero-order valence-electron chi connectivity index (χ0n) is 15.2. The van der Waals surface area contributed by atoms with Crippen LogP contribution in [0.1, 0.15) is 19.3 Å². The second-order valence-electron chi connectivity index (χ2n) is 7.09. The number of likely N-dealkylation sites (tertiary alicyclic amines) is 1. The number of carbonyl (C=O) groups is 2. The summed E-state index contributed by atoms with van der Waals surface area (Å²) in [4.78, 5) is 27.3. The molecule has 1 aromatic carbocycles. The lowest BCUT2D eigenvalue weighted by atomic mass is 9.97. The fourth-order valence-corrected chi connectivity index (χ4v) is 3.71. The standard InChI is InChI=1S/C19H27N3O4/c1-26-17-4-2-3-16(11-17)22-8-5-14(13-22)12-20-19(25)21-9-6-15(7-10-21)18(23)24/h2-4,11,14-15H,5-10,12-13H2,1H3,(H,20,25)(H,23,24). The lowest BCUT2D eigenvalue weighted by Crippen LogP contribution is -2.46. The van der Waals surface area contributed by atoms with Gasteiger partial charge < -0.3 is 25.0 Å². The minimum absolute atomic E-state index is 0.0753. The maximum absolute atomic E-state index is 12.3. The molecule has 1 unspecified atom stereocenters. The molecule has 1 aromatic rings. The van der Waals surface area contributed by atoms with Gasteiger partial charge in [0, 0.05) is 44.5 Å². The first-order valence-electron chi connectivity index (χ1n) is 9.21. The lowest BCUT2D eigenvalue weighted by molar-refractivity contribution is -0.143. The van der Waals surface area contributed by atoms with E-state index in [4.69, 9.17) is 9.84 Å². The Labute approximate surface area is 153 Å². The van der Waals surface area contributed by atoms with Gasteiger partial charge in [0.1, 0.15) is 5.75 Å². The fourth-order valence-electron chi connectivity index (χ4n) is 3.71.